The molecule has 0 aliphatic heterocycles. The number of hydrogen-bond donors (Lipinski definition) is 0. The van der Waals surface area contributed by atoms with Gasteiger partial charge in [-0.05, 0) is 19.3 Å². The van der Waals surface area contributed by atoms with Gasteiger partial charge in [-0.2, -0.15) is 0 Å². The SMILES string of the molecule is C=CCCCCCCCCCOC(=O)CI. The monoisotopic (exact) mass is 338 g/mol. The minimum absolute atomic E-state index is 0.0926. The zero-order chi connectivity index (χ0) is 12.1. The van der Waals surface area contributed by atoms with Crippen molar-refractivity contribution >= 4 is 28.6 Å². The lowest BCUT2D eigenvalue weighted by molar-refractivity contribution is -0.140. The van der Waals surface area contributed by atoms with E-state index in [-0.39, 0.29) is 5.97 Å². The summed E-state index contributed by atoms with van der Waals surface area (Å²) in [6.45, 7) is 4.30. The Morgan fingerprint density at radius 1 is 1.06 bits per heavy atom. The van der Waals surface area contributed by atoms with Crippen LogP contribution in [0.2, 0.25) is 0 Å². The second-order valence-electron chi connectivity index (χ2n) is 3.91. The highest BCUT2D eigenvalue weighted by Crippen LogP contribution is 2.08. The molecule has 0 heterocycles. The fourth-order valence-corrected chi connectivity index (χ4v) is 1.72. The van der Waals surface area contributed by atoms with E-state index in [1.807, 2.05) is 28.7 Å². The third-order valence-electron chi connectivity index (χ3n) is 2.42. The van der Waals surface area contributed by atoms with E-state index in [0.29, 0.717) is 11.0 Å². The Morgan fingerprint density at radius 3 is 2.19 bits per heavy atom. The third-order valence-corrected chi connectivity index (χ3v) is 3.05. The zero-order valence-electron chi connectivity index (χ0n) is 10.0. The highest BCUT2D eigenvalue weighted by molar-refractivity contribution is 14.1. The van der Waals surface area contributed by atoms with E-state index in [9.17, 15) is 4.79 Å². The molecule has 0 amide bonds. The highest BCUT2D eigenvalue weighted by Gasteiger charge is 1.98. The Bertz CT molecular complexity index is 181. The smallest absolute Gasteiger partial charge is 0.315 e. The number of rotatable bonds is 11. The Hall–Kier alpha value is -0.0600. The number of carbonyl (C=O) groups is 1. The molecule has 0 saturated heterocycles. The van der Waals surface area contributed by atoms with Gasteiger partial charge in [0.15, 0.2) is 0 Å². The standard InChI is InChI=1S/C13H23IO2/c1-2-3-4-5-6-7-8-9-10-11-16-13(15)12-14/h2H,1,3-12H2. The molecular formula is C13H23IO2. The number of carbonyl (C=O) groups excluding carboxylic acids is 1. The molecule has 0 aromatic rings. The number of hydrogen-bond acceptors (Lipinski definition) is 2. The fraction of sp³-hybridized carbons (Fsp3) is 0.769. The highest BCUT2D eigenvalue weighted by atomic mass is 127. The first-order chi connectivity index (χ1) is 7.81. The lowest BCUT2D eigenvalue weighted by atomic mass is 10.1. The van der Waals surface area contributed by atoms with Gasteiger partial charge in [-0.1, -0.05) is 60.8 Å². The van der Waals surface area contributed by atoms with Crippen LogP contribution in [-0.4, -0.2) is 17.0 Å². The number of halogens is 1. The van der Waals surface area contributed by atoms with Gasteiger partial charge in [-0.25, -0.2) is 0 Å². The second kappa shape index (κ2) is 13.0. The summed E-state index contributed by atoms with van der Waals surface area (Å²) in [4.78, 5) is 10.8. The maximum atomic E-state index is 10.8. The molecular weight excluding hydrogens is 315 g/mol. The summed E-state index contributed by atoms with van der Waals surface area (Å²) >= 11 is 2.02. The number of unbranched alkanes of at least 4 members (excludes halogenated alkanes) is 7. The van der Waals surface area contributed by atoms with Crippen LogP contribution in [0.5, 0.6) is 0 Å². The van der Waals surface area contributed by atoms with Gasteiger partial charge in [0.1, 0.15) is 0 Å². The van der Waals surface area contributed by atoms with Crippen molar-refractivity contribution < 1.29 is 9.53 Å². The minimum Gasteiger partial charge on any atom is -0.465 e. The average molecular weight is 338 g/mol. The zero-order valence-corrected chi connectivity index (χ0v) is 12.2. The molecule has 0 aromatic carbocycles. The molecule has 0 saturated carbocycles. The Labute approximate surface area is 113 Å². The van der Waals surface area contributed by atoms with Gasteiger partial charge >= 0.3 is 5.97 Å². The minimum atomic E-state index is -0.0926. The van der Waals surface area contributed by atoms with Crippen LogP contribution in [0.3, 0.4) is 0 Å². The van der Waals surface area contributed by atoms with E-state index in [0.717, 1.165) is 12.8 Å². The summed E-state index contributed by atoms with van der Waals surface area (Å²) in [7, 11) is 0. The van der Waals surface area contributed by atoms with Crippen LogP contribution in [-0.2, 0) is 9.53 Å². The van der Waals surface area contributed by atoms with Crippen molar-refractivity contribution in [2.24, 2.45) is 0 Å². The molecule has 0 fully saturated rings. The average Bonchev–Trinajstić information content (AvgIpc) is 2.31. The van der Waals surface area contributed by atoms with Crippen molar-refractivity contribution in [1.29, 1.82) is 0 Å². The summed E-state index contributed by atoms with van der Waals surface area (Å²) in [5.41, 5.74) is 0. The van der Waals surface area contributed by atoms with Crippen LogP contribution >= 0.6 is 22.6 Å². The Morgan fingerprint density at radius 2 is 1.62 bits per heavy atom. The van der Waals surface area contributed by atoms with Crippen molar-refractivity contribution in [3.05, 3.63) is 12.7 Å². The summed E-state index contributed by atoms with van der Waals surface area (Å²) in [5.74, 6) is -0.0926. The summed E-state index contributed by atoms with van der Waals surface area (Å²) in [5, 5.41) is 0. The van der Waals surface area contributed by atoms with Gasteiger partial charge in [-0.3, -0.25) is 4.79 Å². The molecule has 0 unspecified atom stereocenters. The predicted molar refractivity (Wildman–Crippen MR) is 77.0 cm³/mol. The number of esters is 1. The summed E-state index contributed by atoms with van der Waals surface area (Å²) < 4.78 is 5.45. The van der Waals surface area contributed by atoms with E-state index < -0.39 is 0 Å². The second-order valence-corrected chi connectivity index (χ2v) is 4.67. The van der Waals surface area contributed by atoms with Crippen LogP contribution < -0.4 is 0 Å². The van der Waals surface area contributed by atoms with Gasteiger partial charge in [0.05, 0.1) is 11.0 Å². The van der Waals surface area contributed by atoms with E-state index in [4.69, 9.17) is 4.74 Å². The molecule has 0 N–H and O–H groups in total. The summed E-state index contributed by atoms with van der Waals surface area (Å²) in [6.07, 6.45) is 11.8. The lowest BCUT2D eigenvalue weighted by Gasteiger charge is -2.03. The normalized spacial score (nSPS) is 10.1. The van der Waals surface area contributed by atoms with Crippen LogP contribution in [0, 0.1) is 0 Å². The first-order valence-electron chi connectivity index (χ1n) is 6.13. The summed E-state index contributed by atoms with van der Waals surface area (Å²) in [6, 6.07) is 0. The molecule has 0 atom stereocenters. The van der Waals surface area contributed by atoms with Crippen molar-refractivity contribution in [1.82, 2.24) is 0 Å². The molecule has 3 heteroatoms. The van der Waals surface area contributed by atoms with E-state index in [1.54, 1.807) is 0 Å². The maximum Gasteiger partial charge on any atom is 0.315 e. The van der Waals surface area contributed by atoms with E-state index in [2.05, 4.69) is 6.58 Å². The Balaban J connectivity index is 2.98. The molecule has 0 spiro atoms. The molecule has 0 aromatic heterocycles. The van der Waals surface area contributed by atoms with Gasteiger partial charge in [-0.15, -0.1) is 6.58 Å². The first kappa shape index (κ1) is 15.9. The van der Waals surface area contributed by atoms with Gasteiger partial charge in [0.2, 0.25) is 0 Å². The van der Waals surface area contributed by atoms with Crippen molar-refractivity contribution in [2.45, 2.75) is 51.4 Å². The quantitative estimate of drug-likeness (QED) is 0.185. The fourth-order valence-electron chi connectivity index (χ4n) is 1.50. The van der Waals surface area contributed by atoms with Crippen LogP contribution in [0.15, 0.2) is 12.7 Å². The Kier molecular flexibility index (Phi) is 13.0. The van der Waals surface area contributed by atoms with Crippen LogP contribution in [0.4, 0.5) is 0 Å². The first-order valence-corrected chi connectivity index (χ1v) is 7.66. The molecule has 0 radical (unpaired) electrons. The largest absolute Gasteiger partial charge is 0.465 e. The van der Waals surface area contributed by atoms with Crippen LogP contribution in [0.25, 0.3) is 0 Å². The molecule has 0 rings (SSSR count). The van der Waals surface area contributed by atoms with Gasteiger partial charge in [0.25, 0.3) is 0 Å². The number of ether oxygens (including phenoxy) is 1. The molecule has 2 nitrogen and oxygen atoms in total. The van der Waals surface area contributed by atoms with Gasteiger partial charge < -0.3 is 4.74 Å². The van der Waals surface area contributed by atoms with E-state index >= 15 is 0 Å². The number of alkyl halides is 1. The van der Waals surface area contributed by atoms with Crippen molar-refractivity contribution in [2.75, 3.05) is 11.0 Å². The molecule has 0 bridgehead atoms. The molecule has 0 aliphatic rings. The van der Waals surface area contributed by atoms with E-state index in [1.165, 1.54) is 38.5 Å². The van der Waals surface area contributed by atoms with Gasteiger partial charge in [0, 0.05) is 0 Å². The number of allylic oxidation sites excluding steroid dienone is 1. The third kappa shape index (κ3) is 12.0. The maximum absolute atomic E-state index is 10.8. The lowest BCUT2D eigenvalue weighted by Crippen LogP contribution is -2.06. The molecule has 94 valence electrons. The molecule has 16 heavy (non-hydrogen) atoms. The van der Waals surface area contributed by atoms with Crippen LogP contribution in [0.1, 0.15) is 51.4 Å². The van der Waals surface area contributed by atoms with Crippen molar-refractivity contribution in [3.63, 3.8) is 0 Å². The topological polar surface area (TPSA) is 26.3 Å². The van der Waals surface area contributed by atoms with Crippen molar-refractivity contribution in [3.8, 4) is 0 Å². The predicted octanol–water partition coefficient (Wildman–Crippen LogP) is 4.27. The molecule has 0 aliphatic carbocycles.